The van der Waals surface area contributed by atoms with Crippen molar-refractivity contribution in [3.8, 4) is 5.75 Å². The summed E-state index contributed by atoms with van der Waals surface area (Å²) in [6, 6.07) is 11.4. The number of amides is 1. The largest absolute Gasteiger partial charge is 0.493 e. The predicted octanol–water partition coefficient (Wildman–Crippen LogP) is 4.40. The van der Waals surface area contributed by atoms with Gasteiger partial charge in [-0.15, -0.1) is 0 Å². The molecule has 172 valence electrons. The van der Waals surface area contributed by atoms with Gasteiger partial charge in [0.15, 0.2) is 5.11 Å². The lowest BCUT2D eigenvalue weighted by Gasteiger charge is -2.29. The summed E-state index contributed by atoms with van der Waals surface area (Å²) in [6.07, 6.45) is 1.75. The molecule has 0 aliphatic carbocycles. The third kappa shape index (κ3) is 6.06. The monoisotopic (exact) mass is 539 g/mol. The Balaban J connectivity index is 1.60. The van der Waals surface area contributed by atoms with Gasteiger partial charge >= 0.3 is 0 Å². The van der Waals surface area contributed by atoms with E-state index in [0.29, 0.717) is 47.1 Å². The van der Waals surface area contributed by atoms with Gasteiger partial charge in [0.1, 0.15) is 5.75 Å². The number of hydrogen-bond acceptors (Lipinski definition) is 5. The molecule has 1 aliphatic heterocycles. The van der Waals surface area contributed by atoms with Crippen LogP contribution in [0, 0.1) is 5.92 Å². The Morgan fingerprint density at radius 2 is 1.84 bits per heavy atom. The van der Waals surface area contributed by atoms with Gasteiger partial charge in [0, 0.05) is 24.3 Å². The summed E-state index contributed by atoms with van der Waals surface area (Å²) in [5, 5.41) is 5.64. The number of hydrogen-bond donors (Lipinski definition) is 2. The molecule has 2 aromatic carbocycles. The van der Waals surface area contributed by atoms with Crippen LogP contribution >= 0.6 is 28.1 Å². The molecule has 0 saturated carbocycles. The van der Waals surface area contributed by atoms with Crippen molar-refractivity contribution in [3.63, 3.8) is 0 Å². The molecule has 0 atom stereocenters. The van der Waals surface area contributed by atoms with E-state index in [-0.39, 0.29) is 15.9 Å². The lowest BCUT2D eigenvalue weighted by Crippen LogP contribution is -2.37. The number of rotatable bonds is 6. The Bertz CT molecular complexity index is 1080. The third-order valence-corrected chi connectivity index (χ3v) is 7.95. The van der Waals surface area contributed by atoms with E-state index in [1.54, 1.807) is 42.5 Å². The molecule has 32 heavy (non-hydrogen) atoms. The van der Waals surface area contributed by atoms with Crippen LogP contribution in [0.5, 0.6) is 5.75 Å². The number of ether oxygens (including phenoxy) is 1. The normalized spacial score (nSPS) is 15.2. The first-order chi connectivity index (χ1) is 15.2. The van der Waals surface area contributed by atoms with Gasteiger partial charge in [-0.2, -0.15) is 4.31 Å². The van der Waals surface area contributed by atoms with Crippen molar-refractivity contribution in [1.82, 2.24) is 9.62 Å². The molecule has 0 bridgehead atoms. The molecule has 2 N–H and O–H groups in total. The molecular weight excluding hydrogens is 514 g/mol. The van der Waals surface area contributed by atoms with Crippen LogP contribution in [0.3, 0.4) is 0 Å². The van der Waals surface area contributed by atoms with Crippen molar-refractivity contribution in [3.05, 3.63) is 52.5 Å². The number of piperidine rings is 1. The first-order valence-electron chi connectivity index (χ1n) is 10.4. The third-order valence-electron chi connectivity index (χ3n) is 5.21. The molecule has 1 aliphatic rings. The number of carbonyl (C=O) groups excluding carboxylic acids is 1. The van der Waals surface area contributed by atoms with Crippen LogP contribution in [-0.4, -0.2) is 43.4 Å². The maximum atomic E-state index is 12.8. The highest BCUT2D eigenvalue weighted by atomic mass is 79.9. The number of halogens is 1. The summed E-state index contributed by atoms with van der Waals surface area (Å²) in [6.45, 7) is 5.63. The minimum absolute atomic E-state index is 0.112. The van der Waals surface area contributed by atoms with Crippen LogP contribution in [0.4, 0.5) is 5.69 Å². The first-order valence-corrected chi connectivity index (χ1v) is 13.0. The van der Waals surface area contributed by atoms with E-state index in [1.807, 2.05) is 6.92 Å². The number of carbonyl (C=O) groups is 1. The summed E-state index contributed by atoms with van der Waals surface area (Å²) >= 11 is 8.61. The predicted molar refractivity (Wildman–Crippen MR) is 133 cm³/mol. The summed E-state index contributed by atoms with van der Waals surface area (Å²) in [7, 11) is -3.51. The van der Waals surface area contributed by atoms with Crippen LogP contribution < -0.4 is 15.4 Å². The molecule has 0 unspecified atom stereocenters. The molecule has 3 rings (SSSR count). The van der Waals surface area contributed by atoms with Crippen molar-refractivity contribution in [2.45, 2.75) is 31.6 Å². The summed E-state index contributed by atoms with van der Waals surface area (Å²) in [4.78, 5) is 12.7. The van der Waals surface area contributed by atoms with Gasteiger partial charge in [-0.1, -0.05) is 6.92 Å². The molecule has 1 saturated heterocycles. The Morgan fingerprint density at radius 3 is 2.44 bits per heavy atom. The Hall–Kier alpha value is -2.01. The number of nitrogens with zero attached hydrogens (tertiary/aromatic N) is 1. The van der Waals surface area contributed by atoms with Gasteiger partial charge in [0.25, 0.3) is 5.91 Å². The smallest absolute Gasteiger partial charge is 0.257 e. The first kappa shape index (κ1) is 24.6. The second-order valence-electron chi connectivity index (χ2n) is 7.60. The van der Waals surface area contributed by atoms with Crippen LogP contribution in [0.1, 0.15) is 37.0 Å². The summed E-state index contributed by atoms with van der Waals surface area (Å²) < 4.78 is 33.3. The minimum Gasteiger partial charge on any atom is -0.493 e. The van der Waals surface area contributed by atoms with Crippen molar-refractivity contribution in [1.29, 1.82) is 0 Å². The molecule has 1 fully saturated rings. The van der Waals surface area contributed by atoms with Crippen molar-refractivity contribution >= 4 is 54.9 Å². The van der Waals surface area contributed by atoms with Crippen LogP contribution in [0.2, 0.25) is 0 Å². The van der Waals surface area contributed by atoms with Crippen LogP contribution in [0.25, 0.3) is 0 Å². The SMILES string of the molecule is CCOc1ccc(C(=O)NC(=S)Nc2ccc(S(=O)(=O)N3CCC(C)CC3)cc2)cc1Br. The Morgan fingerprint density at radius 1 is 1.19 bits per heavy atom. The topological polar surface area (TPSA) is 87.7 Å². The molecule has 0 spiro atoms. The van der Waals surface area contributed by atoms with Crippen LogP contribution in [0.15, 0.2) is 51.8 Å². The fraction of sp³-hybridized carbons (Fsp3) is 0.364. The highest BCUT2D eigenvalue weighted by Gasteiger charge is 2.27. The maximum absolute atomic E-state index is 12.8. The van der Waals surface area contributed by atoms with Crippen LogP contribution in [-0.2, 0) is 10.0 Å². The number of anilines is 1. The van der Waals surface area contributed by atoms with Crippen molar-refractivity contribution in [2.24, 2.45) is 5.92 Å². The lowest BCUT2D eigenvalue weighted by molar-refractivity contribution is 0.0977. The Labute approximate surface area is 202 Å². The van der Waals surface area contributed by atoms with Crippen molar-refractivity contribution < 1.29 is 17.9 Å². The molecule has 0 radical (unpaired) electrons. The maximum Gasteiger partial charge on any atom is 0.257 e. The van der Waals surface area contributed by atoms with E-state index in [0.717, 1.165) is 12.8 Å². The van der Waals surface area contributed by atoms with Crippen molar-refractivity contribution in [2.75, 3.05) is 25.0 Å². The quantitative estimate of drug-likeness (QED) is 0.529. The molecule has 10 heteroatoms. The van der Waals surface area contributed by atoms with E-state index in [4.69, 9.17) is 17.0 Å². The molecule has 1 heterocycles. The highest BCUT2D eigenvalue weighted by molar-refractivity contribution is 9.10. The number of sulfonamides is 1. The van der Waals surface area contributed by atoms with E-state index < -0.39 is 10.0 Å². The number of thiocarbonyl (C=S) groups is 1. The van der Waals surface area contributed by atoms with Gasteiger partial charge in [-0.25, -0.2) is 8.42 Å². The number of benzene rings is 2. The average Bonchev–Trinajstić information content (AvgIpc) is 2.76. The second kappa shape index (κ2) is 10.7. The van der Waals surface area contributed by atoms with Gasteiger partial charge in [0.05, 0.1) is 16.0 Å². The highest BCUT2D eigenvalue weighted by Crippen LogP contribution is 2.26. The molecule has 2 aromatic rings. The zero-order chi connectivity index (χ0) is 23.3. The molecular formula is C22H26BrN3O4S2. The fourth-order valence-electron chi connectivity index (χ4n) is 3.34. The summed E-state index contributed by atoms with van der Waals surface area (Å²) in [5.74, 6) is 0.830. The summed E-state index contributed by atoms with van der Waals surface area (Å²) in [5.41, 5.74) is 0.996. The molecule has 7 nitrogen and oxygen atoms in total. The molecule has 1 amide bonds. The average molecular weight is 541 g/mol. The minimum atomic E-state index is -3.51. The van der Waals surface area contributed by atoms with Gasteiger partial charge in [0.2, 0.25) is 10.0 Å². The zero-order valence-corrected chi connectivity index (χ0v) is 21.1. The fourth-order valence-corrected chi connectivity index (χ4v) is 5.51. The lowest BCUT2D eigenvalue weighted by atomic mass is 10.0. The zero-order valence-electron chi connectivity index (χ0n) is 17.9. The van der Waals surface area contributed by atoms with Gasteiger partial charge in [-0.3, -0.25) is 10.1 Å². The van der Waals surface area contributed by atoms with E-state index >= 15 is 0 Å². The molecule has 0 aromatic heterocycles. The van der Waals surface area contributed by atoms with Gasteiger partial charge in [-0.05, 0) is 96.3 Å². The van der Waals surface area contributed by atoms with E-state index in [2.05, 4.69) is 33.5 Å². The number of nitrogens with one attached hydrogen (secondary N) is 2. The van der Waals surface area contributed by atoms with Gasteiger partial charge < -0.3 is 10.1 Å². The van der Waals surface area contributed by atoms with E-state index in [9.17, 15) is 13.2 Å². The Kier molecular flexibility index (Phi) is 8.26. The van der Waals surface area contributed by atoms with E-state index in [1.165, 1.54) is 4.31 Å². The standard InChI is InChI=1S/C22H26BrN3O4S2/c1-3-30-20-9-4-16(14-19(20)23)21(27)25-22(31)24-17-5-7-18(8-6-17)32(28,29)26-12-10-15(2)11-13-26/h4-9,14-15H,3,10-13H2,1-2H3,(H2,24,25,27,31). The second-order valence-corrected chi connectivity index (χ2v) is 10.8.